The van der Waals surface area contributed by atoms with Gasteiger partial charge in [0.15, 0.2) is 23.2 Å². The molecule has 0 spiro atoms. The van der Waals surface area contributed by atoms with Gasteiger partial charge < -0.3 is 26.0 Å². The Bertz CT molecular complexity index is 1040. The zero-order valence-electron chi connectivity index (χ0n) is 16.8. The number of guanidine groups is 1. The zero-order chi connectivity index (χ0) is 22.4. The highest BCUT2D eigenvalue weighted by Gasteiger charge is 2.23. The molecule has 0 fully saturated rings. The van der Waals surface area contributed by atoms with Crippen LogP contribution in [0.2, 0.25) is 0 Å². The number of rotatable bonds is 6. The number of aliphatic carboxylic acids is 1. The molecule has 2 aromatic carbocycles. The van der Waals surface area contributed by atoms with E-state index in [0.717, 1.165) is 5.56 Å². The molecule has 0 unspecified atom stereocenters. The Morgan fingerprint density at radius 2 is 1.94 bits per heavy atom. The molecule has 31 heavy (non-hydrogen) atoms. The van der Waals surface area contributed by atoms with Gasteiger partial charge in [-0.3, -0.25) is 9.59 Å². The predicted molar refractivity (Wildman–Crippen MR) is 113 cm³/mol. The number of nitrogens with two attached hydrogens (primary N) is 2. The predicted octanol–water partition coefficient (Wildman–Crippen LogP) is 2.57. The number of benzene rings is 2. The highest BCUT2D eigenvalue weighted by Crippen LogP contribution is 2.34. The number of fused-ring (bicyclic) bond motifs is 2. The second-order valence-electron chi connectivity index (χ2n) is 7.02. The van der Waals surface area contributed by atoms with Crippen LogP contribution in [0.3, 0.4) is 0 Å². The molecule has 0 saturated carbocycles. The molecule has 9 nitrogen and oxygen atoms in total. The minimum absolute atomic E-state index is 0.0520. The molecule has 0 aromatic heterocycles. The molecule has 0 atom stereocenters. The topological polar surface area (TPSA) is 154 Å². The molecule has 2 aromatic rings. The van der Waals surface area contributed by atoms with Gasteiger partial charge in [0.2, 0.25) is 0 Å². The Morgan fingerprint density at radius 3 is 2.68 bits per heavy atom. The van der Waals surface area contributed by atoms with Crippen molar-refractivity contribution in [2.45, 2.75) is 32.1 Å². The summed E-state index contributed by atoms with van der Waals surface area (Å²) in [5.41, 5.74) is 12.7. The maximum absolute atomic E-state index is 12.8. The van der Waals surface area contributed by atoms with Crippen molar-refractivity contribution in [3.8, 4) is 11.5 Å². The molecule has 9 heteroatoms. The lowest BCUT2D eigenvalue weighted by atomic mass is 10.0. The van der Waals surface area contributed by atoms with Crippen molar-refractivity contribution < 1.29 is 29.0 Å². The number of carboxylic acid groups (broad SMARTS) is 1. The van der Waals surface area contributed by atoms with Crippen molar-refractivity contribution in [2.24, 2.45) is 16.5 Å². The third-order valence-corrected chi connectivity index (χ3v) is 4.68. The number of para-hydroxylation sites is 1. The van der Waals surface area contributed by atoms with E-state index in [-0.39, 0.29) is 54.7 Å². The number of carbonyl (C=O) groups is 3. The Morgan fingerprint density at radius 1 is 1.13 bits per heavy atom. The molecule has 5 N–H and O–H groups in total. The van der Waals surface area contributed by atoms with Crippen LogP contribution in [0.4, 0.5) is 5.69 Å². The zero-order valence-corrected chi connectivity index (χ0v) is 16.8. The number of ketones is 1. The van der Waals surface area contributed by atoms with Crippen LogP contribution in [0.25, 0.3) is 0 Å². The van der Waals surface area contributed by atoms with Crippen molar-refractivity contribution in [1.82, 2.24) is 0 Å². The molecule has 0 aliphatic carbocycles. The van der Waals surface area contributed by atoms with E-state index >= 15 is 0 Å². The van der Waals surface area contributed by atoms with Crippen LogP contribution in [-0.2, 0) is 11.2 Å². The van der Waals surface area contributed by atoms with Crippen molar-refractivity contribution in [3.63, 3.8) is 0 Å². The summed E-state index contributed by atoms with van der Waals surface area (Å²) < 4.78 is 11.4. The lowest BCUT2D eigenvalue weighted by Gasteiger charge is -2.18. The highest BCUT2D eigenvalue weighted by molar-refractivity contribution is 6.00. The van der Waals surface area contributed by atoms with Crippen LogP contribution < -0.4 is 20.9 Å². The molecular formula is C22H23N3O6. The van der Waals surface area contributed by atoms with Gasteiger partial charge in [0.1, 0.15) is 0 Å². The summed E-state index contributed by atoms with van der Waals surface area (Å²) in [7, 11) is 0. The van der Waals surface area contributed by atoms with Crippen LogP contribution in [0, 0.1) is 0 Å². The Balaban J connectivity index is 1.89. The molecule has 1 heterocycles. The highest BCUT2D eigenvalue weighted by atomic mass is 16.6. The maximum Gasteiger partial charge on any atom is 0.343 e. The Kier molecular flexibility index (Phi) is 6.86. The number of aryl methyl sites for hydroxylation is 1. The summed E-state index contributed by atoms with van der Waals surface area (Å²) in [5.74, 6) is -1.58. The third-order valence-electron chi connectivity index (χ3n) is 4.68. The van der Waals surface area contributed by atoms with Gasteiger partial charge in [-0.1, -0.05) is 6.07 Å². The minimum atomic E-state index is -0.962. The van der Waals surface area contributed by atoms with Crippen LogP contribution >= 0.6 is 0 Å². The van der Waals surface area contributed by atoms with Crippen LogP contribution in [0.1, 0.15) is 52.0 Å². The summed E-state index contributed by atoms with van der Waals surface area (Å²) >= 11 is 0. The summed E-state index contributed by atoms with van der Waals surface area (Å²) in [4.78, 5) is 40.2. The first-order valence-corrected chi connectivity index (χ1v) is 9.80. The van der Waals surface area contributed by atoms with Gasteiger partial charge in [-0.2, -0.15) is 0 Å². The van der Waals surface area contributed by atoms with E-state index in [9.17, 15) is 14.4 Å². The summed E-state index contributed by atoms with van der Waals surface area (Å²) in [6.45, 7) is 0.288. The van der Waals surface area contributed by atoms with Crippen LogP contribution in [-0.4, -0.2) is 35.4 Å². The lowest BCUT2D eigenvalue weighted by molar-refractivity contribution is -0.137. The molecule has 3 rings (SSSR count). The molecule has 0 saturated heterocycles. The fourth-order valence-electron chi connectivity index (χ4n) is 3.30. The first kappa shape index (κ1) is 21.8. The largest absolute Gasteiger partial charge is 0.489 e. The number of carboxylic acids is 1. The second kappa shape index (κ2) is 9.75. The molecule has 0 amide bonds. The van der Waals surface area contributed by atoms with Crippen molar-refractivity contribution in [3.05, 3.63) is 53.1 Å². The number of carbonyl (C=O) groups excluding carboxylic acids is 2. The normalized spacial score (nSPS) is 13.1. The van der Waals surface area contributed by atoms with Gasteiger partial charge in [-0.05, 0) is 55.2 Å². The lowest BCUT2D eigenvalue weighted by Crippen LogP contribution is -2.22. The number of Topliss-reactive ketones (excluding diaryl/α,β-unsaturated/α-hetero) is 1. The minimum Gasteiger partial charge on any atom is -0.489 e. The number of esters is 1. The van der Waals surface area contributed by atoms with Crippen molar-refractivity contribution in [2.75, 3.05) is 6.61 Å². The van der Waals surface area contributed by atoms with Crippen LogP contribution in [0.5, 0.6) is 11.5 Å². The van der Waals surface area contributed by atoms with Gasteiger partial charge in [0.25, 0.3) is 0 Å². The van der Waals surface area contributed by atoms with Gasteiger partial charge in [0, 0.05) is 12.8 Å². The van der Waals surface area contributed by atoms with Crippen LogP contribution in [0.15, 0.2) is 41.4 Å². The maximum atomic E-state index is 12.8. The monoisotopic (exact) mass is 425 g/mol. The fourth-order valence-corrected chi connectivity index (χ4v) is 3.30. The molecule has 0 bridgehead atoms. The van der Waals surface area contributed by atoms with E-state index in [2.05, 4.69) is 4.99 Å². The Labute approximate surface area is 178 Å². The third kappa shape index (κ3) is 5.59. The average Bonchev–Trinajstić information content (AvgIpc) is 2.71. The number of ether oxygens (including phenoxy) is 2. The number of nitrogens with zero attached hydrogens (tertiary/aromatic N) is 1. The fraction of sp³-hybridized carbons (Fsp3) is 0.273. The Hall–Kier alpha value is -3.88. The molecule has 1 aliphatic heterocycles. The van der Waals surface area contributed by atoms with Gasteiger partial charge in [-0.15, -0.1) is 0 Å². The molecule has 0 radical (unpaired) electrons. The molecular weight excluding hydrogens is 402 g/mol. The first-order valence-electron chi connectivity index (χ1n) is 9.80. The van der Waals surface area contributed by atoms with E-state index in [1.807, 2.05) is 0 Å². The van der Waals surface area contributed by atoms with Crippen molar-refractivity contribution >= 4 is 29.4 Å². The SMILES string of the molecule is NC(N)=Nc1ccc2c(c1)CCCOc1c(cccc1C(=O)CCCC(=O)O)OC2=O. The van der Waals surface area contributed by atoms with Crippen molar-refractivity contribution in [1.29, 1.82) is 0 Å². The quantitative estimate of drug-likeness (QED) is 0.210. The van der Waals surface area contributed by atoms with E-state index in [1.54, 1.807) is 36.4 Å². The molecule has 162 valence electrons. The molecule has 1 aliphatic rings. The summed E-state index contributed by atoms with van der Waals surface area (Å²) in [5, 5.41) is 8.77. The smallest absolute Gasteiger partial charge is 0.343 e. The van der Waals surface area contributed by atoms with E-state index in [1.165, 1.54) is 0 Å². The van der Waals surface area contributed by atoms with E-state index in [4.69, 9.17) is 26.0 Å². The van der Waals surface area contributed by atoms with Gasteiger partial charge >= 0.3 is 11.9 Å². The van der Waals surface area contributed by atoms with E-state index in [0.29, 0.717) is 24.1 Å². The van der Waals surface area contributed by atoms with E-state index < -0.39 is 11.9 Å². The van der Waals surface area contributed by atoms with Gasteiger partial charge in [-0.25, -0.2) is 9.79 Å². The summed E-state index contributed by atoms with van der Waals surface area (Å²) in [6.07, 6.45) is 1.25. The number of hydrogen-bond donors (Lipinski definition) is 3. The first-order chi connectivity index (χ1) is 14.8. The second-order valence-corrected chi connectivity index (χ2v) is 7.02. The summed E-state index contributed by atoms with van der Waals surface area (Å²) in [6, 6.07) is 9.66. The standard InChI is InChI=1S/C22H23N3O6/c23-22(24)25-14-9-10-15-13(12-14)4-3-11-30-20-16(17(26)6-2-8-19(27)28)5-1-7-18(20)31-21(15)29/h1,5,7,9-10,12H,2-4,6,8,11H2,(H,27,28)(H4,23,24,25). The number of hydrogen-bond acceptors (Lipinski definition) is 6. The average molecular weight is 425 g/mol. The number of aliphatic imine (C=N–C) groups is 1. The van der Waals surface area contributed by atoms with Gasteiger partial charge in [0.05, 0.1) is 23.4 Å².